The van der Waals surface area contributed by atoms with E-state index in [4.69, 9.17) is 4.42 Å². The van der Waals surface area contributed by atoms with Crippen LogP contribution in [0.15, 0.2) is 33.5 Å². The van der Waals surface area contributed by atoms with Crippen molar-refractivity contribution in [2.75, 3.05) is 35.7 Å². The molecule has 1 aromatic carbocycles. The molecule has 1 aliphatic carbocycles. The molecule has 35 heavy (non-hydrogen) atoms. The minimum absolute atomic E-state index is 0.143. The maximum absolute atomic E-state index is 13.0. The fourth-order valence-electron chi connectivity index (χ4n) is 5.40. The van der Waals surface area contributed by atoms with E-state index in [1.807, 2.05) is 18.2 Å². The molecule has 1 aliphatic heterocycles. The van der Waals surface area contributed by atoms with Gasteiger partial charge in [-0.15, -0.1) is 11.3 Å². The van der Waals surface area contributed by atoms with Gasteiger partial charge in [0.2, 0.25) is 5.95 Å². The Labute approximate surface area is 201 Å². The fraction of sp³-hybridized carbons (Fsp3) is 0.435. The molecule has 0 unspecified atom stereocenters. The Morgan fingerprint density at radius 1 is 1.29 bits per heavy atom. The molecule has 1 spiro atoms. The molecule has 1 saturated heterocycles. The van der Waals surface area contributed by atoms with Crippen molar-refractivity contribution in [2.45, 2.75) is 37.9 Å². The molecule has 8 nitrogen and oxygen atoms in total. The van der Waals surface area contributed by atoms with Gasteiger partial charge in [-0.2, -0.15) is 18.2 Å². The molecule has 0 atom stereocenters. The summed E-state index contributed by atoms with van der Waals surface area (Å²) < 4.78 is 44.0. The Hall–Kier alpha value is -3.28. The molecule has 3 aromatic heterocycles. The highest BCUT2D eigenvalue weighted by Crippen LogP contribution is 2.50. The number of halogens is 3. The van der Waals surface area contributed by atoms with E-state index in [9.17, 15) is 18.0 Å². The van der Waals surface area contributed by atoms with Crippen LogP contribution in [0.1, 0.15) is 24.1 Å². The van der Waals surface area contributed by atoms with Gasteiger partial charge in [0.05, 0.1) is 17.3 Å². The van der Waals surface area contributed by atoms with Gasteiger partial charge in [-0.25, -0.2) is 9.78 Å². The minimum atomic E-state index is -4.26. The van der Waals surface area contributed by atoms with Gasteiger partial charge in [0.15, 0.2) is 5.58 Å². The monoisotopic (exact) mass is 504 g/mol. The lowest BCUT2D eigenvalue weighted by Crippen LogP contribution is -2.46. The molecule has 4 heterocycles. The maximum Gasteiger partial charge on any atom is 0.417 e. The third-order valence-electron chi connectivity index (χ3n) is 6.91. The highest BCUT2D eigenvalue weighted by Gasteiger charge is 2.49. The van der Waals surface area contributed by atoms with Crippen LogP contribution in [0.25, 0.3) is 21.3 Å². The first-order valence-corrected chi connectivity index (χ1v) is 12.2. The third kappa shape index (κ3) is 4.19. The predicted octanol–water partition coefficient (Wildman–Crippen LogP) is 4.74. The van der Waals surface area contributed by atoms with E-state index in [-0.39, 0.29) is 10.3 Å². The summed E-state index contributed by atoms with van der Waals surface area (Å²) in [4.78, 5) is 26.0. The molecule has 12 heteroatoms. The second-order valence-electron chi connectivity index (χ2n) is 9.49. The van der Waals surface area contributed by atoms with Crippen molar-refractivity contribution in [3.05, 3.63) is 39.7 Å². The minimum Gasteiger partial charge on any atom is -0.408 e. The van der Waals surface area contributed by atoms with Crippen molar-refractivity contribution in [3.63, 3.8) is 0 Å². The van der Waals surface area contributed by atoms with Gasteiger partial charge in [-0.05, 0) is 42.9 Å². The topological polar surface area (TPSA) is 99.1 Å². The smallest absolute Gasteiger partial charge is 0.408 e. The number of anilines is 3. The van der Waals surface area contributed by atoms with Gasteiger partial charge in [0.25, 0.3) is 0 Å². The Kier molecular flexibility index (Phi) is 4.99. The molecule has 0 bridgehead atoms. The summed E-state index contributed by atoms with van der Waals surface area (Å²) in [5.74, 6) is 0.640. The van der Waals surface area contributed by atoms with Crippen LogP contribution in [-0.4, -0.2) is 47.3 Å². The number of fused-ring (bicyclic) bond motifs is 2. The molecule has 2 fully saturated rings. The van der Waals surface area contributed by atoms with Crippen molar-refractivity contribution >= 4 is 50.1 Å². The molecular formula is C23H23F3N6O2S. The number of H-pyrrole nitrogens is 1. The van der Waals surface area contributed by atoms with Crippen LogP contribution in [0.2, 0.25) is 0 Å². The molecule has 0 radical (unpaired) electrons. The van der Waals surface area contributed by atoms with Crippen molar-refractivity contribution in [2.24, 2.45) is 5.41 Å². The Morgan fingerprint density at radius 2 is 2.11 bits per heavy atom. The lowest BCUT2D eigenvalue weighted by Gasteiger charge is -2.46. The number of aromatic nitrogens is 3. The van der Waals surface area contributed by atoms with E-state index in [1.54, 1.807) is 13.1 Å². The van der Waals surface area contributed by atoms with Gasteiger partial charge < -0.3 is 20.0 Å². The second-order valence-corrected chi connectivity index (χ2v) is 10.6. The number of alkyl halides is 3. The van der Waals surface area contributed by atoms with E-state index < -0.39 is 18.4 Å². The number of nitrogens with zero attached hydrogens (tertiary/aromatic N) is 3. The summed E-state index contributed by atoms with van der Waals surface area (Å²) in [5.41, 5.74) is 2.24. The summed E-state index contributed by atoms with van der Waals surface area (Å²) in [5, 5.41) is 7.14. The molecule has 6 rings (SSSR count). The summed E-state index contributed by atoms with van der Waals surface area (Å²) in [7, 11) is 1.71. The van der Waals surface area contributed by atoms with Crippen molar-refractivity contribution in [1.29, 1.82) is 0 Å². The fourth-order valence-corrected chi connectivity index (χ4v) is 6.45. The van der Waals surface area contributed by atoms with Gasteiger partial charge >= 0.3 is 11.9 Å². The lowest BCUT2D eigenvalue weighted by atomic mass is 9.65. The van der Waals surface area contributed by atoms with E-state index in [2.05, 4.69) is 30.5 Å². The SMILES string of the molecule is CNc1nc(N2CCC3(CC(Nc4ccc5[nH]c(=O)oc5c4)C3)C2)c2cc(CC(F)(F)F)sc2n1. The van der Waals surface area contributed by atoms with Crippen LogP contribution in [-0.2, 0) is 6.42 Å². The third-order valence-corrected chi connectivity index (χ3v) is 7.94. The number of hydrogen-bond donors (Lipinski definition) is 3. The van der Waals surface area contributed by atoms with Crippen LogP contribution in [0, 0.1) is 5.41 Å². The lowest BCUT2D eigenvalue weighted by molar-refractivity contribution is -0.126. The quantitative estimate of drug-likeness (QED) is 0.361. The van der Waals surface area contributed by atoms with Crippen LogP contribution >= 0.6 is 11.3 Å². The first-order valence-electron chi connectivity index (χ1n) is 11.4. The first kappa shape index (κ1) is 22.2. The van der Waals surface area contributed by atoms with Gasteiger partial charge in [0.1, 0.15) is 10.6 Å². The molecule has 3 N–H and O–H groups in total. The molecular weight excluding hydrogens is 481 g/mol. The van der Waals surface area contributed by atoms with Gasteiger partial charge in [0, 0.05) is 42.8 Å². The van der Waals surface area contributed by atoms with Crippen LogP contribution in [0.4, 0.5) is 30.6 Å². The largest absolute Gasteiger partial charge is 0.417 e. The number of aromatic amines is 1. The van der Waals surface area contributed by atoms with E-state index >= 15 is 0 Å². The normalized spacial score (nSPS) is 22.3. The number of hydrogen-bond acceptors (Lipinski definition) is 8. The van der Waals surface area contributed by atoms with E-state index in [0.717, 1.165) is 49.4 Å². The number of thiophene rings is 1. The average Bonchev–Trinajstić information content (AvgIpc) is 3.46. The van der Waals surface area contributed by atoms with Crippen molar-refractivity contribution in [1.82, 2.24) is 15.0 Å². The average molecular weight is 505 g/mol. The predicted molar refractivity (Wildman–Crippen MR) is 129 cm³/mol. The first-order chi connectivity index (χ1) is 16.7. The van der Waals surface area contributed by atoms with E-state index in [1.165, 1.54) is 0 Å². The Morgan fingerprint density at radius 3 is 2.89 bits per heavy atom. The molecule has 4 aromatic rings. The van der Waals surface area contributed by atoms with Crippen LogP contribution in [0.5, 0.6) is 0 Å². The molecule has 0 amide bonds. The number of oxazole rings is 1. The summed E-state index contributed by atoms with van der Waals surface area (Å²) in [6.07, 6.45) is -2.26. The zero-order valence-corrected chi connectivity index (χ0v) is 19.6. The van der Waals surface area contributed by atoms with E-state index in [0.29, 0.717) is 39.1 Å². The molecule has 184 valence electrons. The maximum atomic E-state index is 13.0. The Bertz CT molecular complexity index is 1470. The highest BCUT2D eigenvalue weighted by molar-refractivity contribution is 7.18. The summed E-state index contributed by atoms with van der Waals surface area (Å²) >= 11 is 1.07. The number of rotatable bonds is 5. The van der Waals surface area contributed by atoms with Crippen LogP contribution in [0.3, 0.4) is 0 Å². The summed E-state index contributed by atoms with van der Waals surface area (Å²) in [6, 6.07) is 7.46. The number of benzene rings is 1. The second kappa shape index (κ2) is 7.87. The Balaban J connectivity index is 1.18. The standard InChI is InChI=1S/C23H23F3N6O2S/c1-27-20-30-18(15-7-14(10-23(24,25)26)35-19(15)31-20)32-5-4-22(11-32)8-13(9-22)28-12-2-3-16-17(6-12)34-21(33)29-16/h2-3,6-7,13,28H,4-5,8-11H2,1H3,(H,29,33)(H,27,30,31). The van der Waals surface area contributed by atoms with Crippen molar-refractivity contribution < 1.29 is 17.6 Å². The number of nitrogens with one attached hydrogen (secondary N) is 3. The zero-order valence-electron chi connectivity index (χ0n) is 18.8. The van der Waals surface area contributed by atoms with Gasteiger partial charge in [-0.3, -0.25) is 4.98 Å². The summed E-state index contributed by atoms with van der Waals surface area (Å²) in [6.45, 7) is 1.60. The van der Waals surface area contributed by atoms with Crippen LogP contribution < -0.4 is 21.3 Å². The van der Waals surface area contributed by atoms with Crippen molar-refractivity contribution in [3.8, 4) is 0 Å². The zero-order chi connectivity index (χ0) is 24.4. The molecule has 1 saturated carbocycles. The highest BCUT2D eigenvalue weighted by atomic mass is 32.1. The molecule has 2 aliphatic rings. The van der Waals surface area contributed by atoms with Gasteiger partial charge in [-0.1, -0.05) is 0 Å².